The van der Waals surface area contributed by atoms with E-state index in [2.05, 4.69) is 22.1 Å². The molecule has 9 nitrogen and oxygen atoms in total. The van der Waals surface area contributed by atoms with E-state index in [1.807, 2.05) is 0 Å². The second-order valence-electron chi connectivity index (χ2n) is 8.34. The largest absolute Gasteiger partial charge is 0.462 e. The lowest BCUT2D eigenvalue weighted by Crippen LogP contribution is -2.17. The maximum atomic E-state index is 12.9. The number of benzene rings is 1. The third kappa shape index (κ3) is 6.31. The smallest absolute Gasteiger partial charge is 0.341 e. The highest BCUT2D eigenvalue weighted by Crippen LogP contribution is 2.38. The fourth-order valence-corrected chi connectivity index (χ4v) is 7.44. The minimum atomic E-state index is -3.62. The Bertz CT molecular complexity index is 1400. The van der Waals surface area contributed by atoms with Gasteiger partial charge in [0.25, 0.3) is 0 Å². The molecule has 1 aliphatic rings. The van der Waals surface area contributed by atoms with Gasteiger partial charge in [0.05, 0.1) is 22.8 Å². The first-order valence-corrected chi connectivity index (χ1v) is 15.3. The van der Waals surface area contributed by atoms with Gasteiger partial charge in [0, 0.05) is 11.4 Å². The monoisotopic (exact) mass is 560 g/mol. The summed E-state index contributed by atoms with van der Waals surface area (Å²) in [5.74, 6) is -0.775. The maximum Gasteiger partial charge on any atom is 0.341 e. The fraction of sp³-hybridized carbons (Fsp3) is 0.360. The van der Waals surface area contributed by atoms with Crippen molar-refractivity contribution in [2.45, 2.75) is 55.0 Å². The molecule has 2 heterocycles. The molecule has 0 fully saturated rings. The van der Waals surface area contributed by atoms with Crippen LogP contribution in [-0.2, 0) is 44.5 Å². The number of aromatic nitrogens is 3. The molecule has 0 unspecified atom stereocenters. The van der Waals surface area contributed by atoms with Crippen molar-refractivity contribution in [1.82, 2.24) is 14.8 Å². The molecule has 4 rings (SSSR count). The molecule has 196 valence electrons. The molecule has 0 radical (unpaired) electrons. The van der Waals surface area contributed by atoms with Crippen molar-refractivity contribution >= 4 is 49.8 Å². The van der Waals surface area contributed by atoms with Gasteiger partial charge in [-0.1, -0.05) is 36.0 Å². The van der Waals surface area contributed by atoms with E-state index in [1.165, 1.54) is 23.5 Å². The number of anilines is 1. The molecule has 1 aromatic carbocycles. The maximum absolute atomic E-state index is 12.9. The van der Waals surface area contributed by atoms with E-state index < -0.39 is 15.8 Å². The molecule has 37 heavy (non-hydrogen) atoms. The number of allylic oxidation sites excluding steroid dienone is 1. The zero-order valence-corrected chi connectivity index (χ0v) is 22.9. The number of sulfone groups is 1. The number of carbonyl (C=O) groups excluding carboxylic acids is 2. The molecular weight excluding hydrogens is 532 g/mol. The van der Waals surface area contributed by atoms with Crippen molar-refractivity contribution in [2.24, 2.45) is 0 Å². The Kier molecular flexibility index (Phi) is 8.83. The lowest BCUT2D eigenvalue weighted by atomic mass is 9.95. The van der Waals surface area contributed by atoms with Crippen LogP contribution in [0.4, 0.5) is 5.00 Å². The SMILES string of the molecule is C=CCn1c(CS(=O)(=O)c2ccccc2)nnc1SCC(=O)Nc1sc2c(c1C(=O)OCC)CCCC2. The van der Waals surface area contributed by atoms with Crippen molar-refractivity contribution in [3.63, 3.8) is 0 Å². The number of fused-ring (bicyclic) bond motifs is 1. The predicted molar refractivity (Wildman–Crippen MR) is 144 cm³/mol. The summed E-state index contributed by atoms with van der Waals surface area (Å²) in [5.41, 5.74) is 1.44. The van der Waals surface area contributed by atoms with E-state index in [1.54, 1.807) is 35.8 Å². The zero-order chi connectivity index (χ0) is 26.4. The number of hydrogen-bond donors (Lipinski definition) is 1. The summed E-state index contributed by atoms with van der Waals surface area (Å²) >= 11 is 2.57. The van der Waals surface area contributed by atoms with Gasteiger partial charge >= 0.3 is 5.97 Å². The van der Waals surface area contributed by atoms with Crippen LogP contribution in [0.25, 0.3) is 0 Å². The Morgan fingerprint density at radius 1 is 1.22 bits per heavy atom. The van der Waals surface area contributed by atoms with E-state index in [-0.39, 0.29) is 34.7 Å². The van der Waals surface area contributed by atoms with Crippen molar-refractivity contribution < 1.29 is 22.7 Å². The number of ether oxygens (including phenoxy) is 1. The molecule has 0 spiro atoms. The number of rotatable bonds is 11. The van der Waals surface area contributed by atoms with Crippen LogP contribution in [-0.4, -0.2) is 47.4 Å². The Labute approximate surface area is 224 Å². The van der Waals surface area contributed by atoms with Crippen LogP contribution in [0, 0.1) is 0 Å². The molecule has 0 saturated heterocycles. The molecule has 0 saturated carbocycles. The van der Waals surface area contributed by atoms with Gasteiger partial charge in [0.1, 0.15) is 16.6 Å². The van der Waals surface area contributed by atoms with E-state index in [0.29, 0.717) is 22.3 Å². The molecular formula is C25H28N4O5S3. The minimum Gasteiger partial charge on any atom is -0.462 e. The van der Waals surface area contributed by atoms with Gasteiger partial charge in [0.2, 0.25) is 5.91 Å². The first-order chi connectivity index (χ1) is 17.8. The molecule has 3 aromatic rings. The molecule has 2 aromatic heterocycles. The Hall–Kier alpha value is -2.96. The lowest BCUT2D eigenvalue weighted by Gasteiger charge is -2.12. The molecule has 1 amide bonds. The zero-order valence-electron chi connectivity index (χ0n) is 20.4. The summed E-state index contributed by atoms with van der Waals surface area (Å²) in [6, 6.07) is 8.16. The number of nitrogens with zero attached hydrogens (tertiary/aromatic N) is 3. The highest BCUT2D eigenvalue weighted by molar-refractivity contribution is 7.99. The third-order valence-electron chi connectivity index (χ3n) is 5.76. The van der Waals surface area contributed by atoms with Crippen LogP contribution < -0.4 is 5.32 Å². The van der Waals surface area contributed by atoms with E-state index >= 15 is 0 Å². The fourth-order valence-electron chi connectivity index (χ4n) is 4.09. The van der Waals surface area contributed by atoms with E-state index in [4.69, 9.17) is 4.74 Å². The van der Waals surface area contributed by atoms with E-state index in [9.17, 15) is 18.0 Å². The second kappa shape index (κ2) is 12.1. The summed E-state index contributed by atoms with van der Waals surface area (Å²) in [6.07, 6.45) is 5.36. The van der Waals surface area contributed by atoms with Crippen LogP contribution in [0.5, 0.6) is 0 Å². The summed E-state index contributed by atoms with van der Waals surface area (Å²) in [7, 11) is -3.62. The molecule has 0 aliphatic heterocycles. The number of thioether (sulfide) groups is 1. The predicted octanol–water partition coefficient (Wildman–Crippen LogP) is 4.29. The van der Waals surface area contributed by atoms with Gasteiger partial charge in [-0.25, -0.2) is 13.2 Å². The first kappa shape index (κ1) is 27.1. The third-order valence-corrected chi connectivity index (χ3v) is 9.57. The van der Waals surface area contributed by atoms with Gasteiger partial charge < -0.3 is 14.6 Å². The number of esters is 1. The van der Waals surface area contributed by atoms with Crippen molar-refractivity contribution in [2.75, 3.05) is 17.7 Å². The molecule has 0 atom stereocenters. The van der Waals surface area contributed by atoms with E-state index in [0.717, 1.165) is 47.9 Å². The normalized spacial score (nSPS) is 13.1. The molecule has 12 heteroatoms. The number of hydrogen-bond acceptors (Lipinski definition) is 9. The molecule has 1 N–H and O–H groups in total. The highest BCUT2D eigenvalue weighted by atomic mass is 32.2. The summed E-state index contributed by atoms with van der Waals surface area (Å²) in [5, 5.41) is 12.0. The van der Waals surface area contributed by atoms with Crippen molar-refractivity contribution in [3.8, 4) is 0 Å². The average molecular weight is 561 g/mol. The van der Waals surface area contributed by atoms with Gasteiger partial charge in [0.15, 0.2) is 15.0 Å². The summed E-state index contributed by atoms with van der Waals surface area (Å²) in [4.78, 5) is 26.8. The van der Waals surface area contributed by atoms with Crippen LogP contribution in [0.1, 0.15) is 46.4 Å². The molecule has 0 bridgehead atoms. The number of carbonyl (C=O) groups is 2. The second-order valence-corrected chi connectivity index (χ2v) is 12.4. The van der Waals surface area contributed by atoms with Gasteiger partial charge in [-0.2, -0.15) is 0 Å². The molecule has 1 aliphatic carbocycles. The van der Waals surface area contributed by atoms with Crippen LogP contribution in [0.3, 0.4) is 0 Å². The van der Waals surface area contributed by atoms with Crippen molar-refractivity contribution in [1.29, 1.82) is 0 Å². The Morgan fingerprint density at radius 3 is 2.70 bits per heavy atom. The van der Waals surface area contributed by atoms with Gasteiger partial charge in [-0.15, -0.1) is 28.1 Å². The number of thiophene rings is 1. The van der Waals surface area contributed by atoms with Crippen LogP contribution in [0.15, 0.2) is 53.0 Å². The first-order valence-electron chi connectivity index (χ1n) is 11.9. The Balaban J connectivity index is 1.48. The topological polar surface area (TPSA) is 120 Å². The van der Waals surface area contributed by atoms with Crippen molar-refractivity contribution in [3.05, 3.63) is 64.8 Å². The van der Waals surface area contributed by atoms with Gasteiger partial charge in [-0.05, 0) is 50.3 Å². The standard InChI is InChI=1S/C25H28N4O5S3/c1-3-14-29-20(16-37(32,33)17-10-6-5-7-11-17)27-28-25(29)35-15-21(30)26-23-22(24(31)34-4-2)18-12-8-9-13-19(18)36-23/h3,5-7,10-11H,1,4,8-9,12-16H2,2H3,(H,26,30). The van der Waals surface area contributed by atoms with Gasteiger partial charge in [-0.3, -0.25) is 4.79 Å². The quantitative estimate of drug-likeness (QED) is 0.210. The summed E-state index contributed by atoms with van der Waals surface area (Å²) in [6.45, 7) is 6.04. The number of amides is 1. The number of nitrogens with one attached hydrogen (secondary N) is 1. The van der Waals surface area contributed by atoms with Crippen LogP contribution >= 0.6 is 23.1 Å². The average Bonchev–Trinajstić information content (AvgIpc) is 3.43. The minimum absolute atomic E-state index is 0.00550. The highest BCUT2D eigenvalue weighted by Gasteiger charge is 2.27. The van der Waals surface area contributed by atoms with Crippen LogP contribution in [0.2, 0.25) is 0 Å². The Morgan fingerprint density at radius 2 is 1.97 bits per heavy atom. The number of aryl methyl sites for hydroxylation is 1. The summed E-state index contributed by atoms with van der Waals surface area (Å²) < 4.78 is 32.6. The lowest BCUT2D eigenvalue weighted by molar-refractivity contribution is -0.113.